The molecule has 136 valence electrons. The van der Waals surface area contributed by atoms with E-state index < -0.39 is 0 Å². The van der Waals surface area contributed by atoms with Crippen molar-refractivity contribution in [1.82, 2.24) is 9.55 Å². The summed E-state index contributed by atoms with van der Waals surface area (Å²) in [5.74, 6) is 0. The highest BCUT2D eigenvalue weighted by atomic mass is 35.5. The Balaban J connectivity index is 1.77. The molecule has 1 aromatic heterocycles. The van der Waals surface area contributed by atoms with Gasteiger partial charge in [0.15, 0.2) is 0 Å². The highest BCUT2D eigenvalue weighted by molar-refractivity contribution is 6.35. The van der Waals surface area contributed by atoms with Gasteiger partial charge in [0, 0.05) is 39.0 Å². The van der Waals surface area contributed by atoms with Crippen molar-refractivity contribution in [3.63, 3.8) is 0 Å². The first-order valence-corrected chi connectivity index (χ1v) is 9.50. The summed E-state index contributed by atoms with van der Waals surface area (Å²) in [4.78, 5) is 4.06. The molecule has 0 amide bonds. The predicted octanol–water partition coefficient (Wildman–Crippen LogP) is 6.84. The van der Waals surface area contributed by atoms with Gasteiger partial charge in [-0.15, -0.1) is 0 Å². The van der Waals surface area contributed by atoms with Crippen LogP contribution < -0.4 is 0 Å². The number of rotatable bonds is 7. The van der Waals surface area contributed by atoms with Crippen LogP contribution in [0.4, 0.5) is 0 Å². The largest absolute Gasteiger partial charge is 0.369 e. The van der Waals surface area contributed by atoms with E-state index in [9.17, 15) is 0 Å². The molecule has 0 spiro atoms. The van der Waals surface area contributed by atoms with Gasteiger partial charge in [0.1, 0.15) is 0 Å². The topological polar surface area (TPSA) is 27.1 Å². The SMILES string of the molecule is Clc1ccc(COC(CCn2ccnc2)c2ccc(Cl)cc2Cl)c(Cl)c1. The highest BCUT2D eigenvalue weighted by Crippen LogP contribution is 2.32. The van der Waals surface area contributed by atoms with E-state index in [4.69, 9.17) is 51.1 Å². The normalized spacial score (nSPS) is 12.3. The zero-order valence-electron chi connectivity index (χ0n) is 13.7. The van der Waals surface area contributed by atoms with Crippen LogP contribution in [0.5, 0.6) is 0 Å². The maximum atomic E-state index is 6.39. The van der Waals surface area contributed by atoms with Gasteiger partial charge in [-0.25, -0.2) is 4.98 Å². The van der Waals surface area contributed by atoms with Gasteiger partial charge in [-0.05, 0) is 41.8 Å². The van der Waals surface area contributed by atoms with Crippen LogP contribution in [0.1, 0.15) is 23.7 Å². The fourth-order valence-corrected chi connectivity index (χ4v) is 3.60. The number of benzene rings is 2. The van der Waals surface area contributed by atoms with Crippen molar-refractivity contribution in [3.05, 3.63) is 86.3 Å². The van der Waals surface area contributed by atoms with Gasteiger partial charge >= 0.3 is 0 Å². The lowest BCUT2D eigenvalue weighted by Gasteiger charge is -2.20. The summed E-state index contributed by atoms with van der Waals surface area (Å²) in [6, 6.07) is 10.8. The van der Waals surface area contributed by atoms with Crippen LogP contribution in [0.2, 0.25) is 20.1 Å². The molecule has 0 bridgehead atoms. The van der Waals surface area contributed by atoms with Gasteiger partial charge in [-0.3, -0.25) is 0 Å². The van der Waals surface area contributed by atoms with Crippen LogP contribution in [0.25, 0.3) is 0 Å². The second-order valence-electron chi connectivity index (χ2n) is 5.79. The average molecular weight is 430 g/mol. The van der Waals surface area contributed by atoms with E-state index in [1.165, 1.54) is 0 Å². The van der Waals surface area contributed by atoms with E-state index in [0.29, 0.717) is 26.7 Å². The fraction of sp³-hybridized carbons (Fsp3) is 0.211. The molecule has 3 rings (SSSR count). The minimum absolute atomic E-state index is 0.214. The Morgan fingerprint density at radius 2 is 1.69 bits per heavy atom. The summed E-state index contributed by atoms with van der Waals surface area (Å²) in [5, 5.41) is 2.34. The lowest BCUT2D eigenvalue weighted by molar-refractivity contribution is 0.0311. The minimum Gasteiger partial charge on any atom is -0.369 e. The smallest absolute Gasteiger partial charge is 0.0945 e. The molecular formula is C19H16Cl4N2O. The quantitative estimate of drug-likeness (QED) is 0.410. The summed E-state index contributed by atoms with van der Waals surface area (Å²) in [7, 11) is 0. The number of imidazole rings is 1. The third kappa shape index (κ3) is 5.15. The summed E-state index contributed by atoms with van der Waals surface area (Å²) >= 11 is 24.6. The van der Waals surface area contributed by atoms with Crippen molar-refractivity contribution in [2.24, 2.45) is 0 Å². The maximum absolute atomic E-state index is 6.39. The Kier molecular flexibility index (Phi) is 6.85. The van der Waals surface area contributed by atoms with Crippen LogP contribution in [0.3, 0.4) is 0 Å². The van der Waals surface area contributed by atoms with Crippen LogP contribution in [-0.4, -0.2) is 9.55 Å². The van der Waals surface area contributed by atoms with Crippen molar-refractivity contribution in [3.8, 4) is 0 Å². The van der Waals surface area contributed by atoms with E-state index in [2.05, 4.69) is 4.98 Å². The zero-order chi connectivity index (χ0) is 18.5. The Morgan fingerprint density at radius 1 is 0.962 bits per heavy atom. The molecule has 0 fully saturated rings. The fourth-order valence-electron chi connectivity index (χ4n) is 2.61. The number of aromatic nitrogens is 2. The summed E-state index contributed by atoms with van der Waals surface area (Å²) in [6.07, 6.45) is 5.95. The summed E-state index contributed by atoms with van der Waals surface area (Å²) in [6.45, 7) is 1.10. The monoisotopic (exact) mass is 428 g/mol. The van der Waals surface area contributed by atoms with Crippen molar-refractivity contribution in [1.29, 1.82) is 0 Å². The van der Waals surface area contributed by atoms with E-state index in [1.807, 2.05) is 29.0 Å². The van der Waals surface area contributed by atoms with Gasteiger partial charge in [-0.2, -0.15) is 0 Å². The molecule has 3 aromatic rings. The first kappa shape index (κ1) is 19.5. The number of halogens is 4. The van der Waals surface area contributed by atoms with Crippen molar-refractivity contribution in [2.75, 3.05) is 0 Å². The standard InChI is InChI=1S/C19H16Cl4N2O/c20-14-2-1-13(17(22)9-14)11-26-19(5-7-25-8-6-24-12-25)16-4-3-15(21)10-18(16)23/h1-4,6,8-10,12,19H,5,7,11H2. The molecule has 0 saturated carbocycles. The Bertz CT molecular complexity index is 868. The van der Waals surface area contributed by atoms with Crippen LogP contribution in [0.15, 0.2) is 55.1 Å². The first-order valence-electron chi connectivity index (χ1n) is 7.99. The van der Waals surface area contributed by atoms with Gasteiger partial charge in [0.2, 0.25) is 0 Å². The van der Waals surface area contributed by atoms with E-state index in [0.717, 1.165) is 24.1 Å². The third-order valence-electron chi connectivity index (χ3n) is 3.97. The molecule has 7 heteroatoms. The number of hydrogen-bond donors (Lipinski definition) is 0. The Labute approximate surface area is 172 Å². The molecule has 26 heavy (non-hydrogen) atoms. The summed E-state index contributed by atoms with van der Waals surface area (Å²) in [5.41, 5.74) is 1.76. The van der Waals surface area contributed by atoms with E-state index in [1.54, 1.807) is 30.7 Å². The lowest BCUT2D eigenvalue weighted by atomic mass is 10.1. The van der Waals surface area contributed by atoms with Crippen LogP contribution in [-0.2, 0) is 17.9 Å². The second-order valence-corrected chi connectivity index (χ2v) is 7.48. The van der Waals surface area contributed by atoms with E-state index >= 15 is 0 Å². The molecule has 0 aliphatic rings. The molecular weight excluding hydrogens is 414 g/mol. The Hall–Kier alpha value is -1.23. The minimum atomic E-state index is -0.214. The Morgan fingerprint density at radius 3 is 2.35 bits per heavy atom. The molecule has 1 atom stereocenters. The van der Waals surface area contributed by atoms with E-state index in [-0.39, 0.29) is 6.10 Å². The van der Waals surface area contributed by atoms with Crippen LogP contribution >= 0.6 is 46.4 Å². The van der Waals surface area contributed by atoms with Crippen molar-refractivity contribution < 1.29 is 4.74 Å². The molecule has 2 aromatic carbocycles. The molecule has 0 N–H and O–H groups in total. The molecule has 0 aliphatic carbocycles. The van der Waals surface area contributed by atoms with Crippen molar-refractivity contribution in [2.45, 2.75) is 25.7 Å². The number of hydrogen-bond acceptors (Lipinski definition) is 2. The number of aryl methyl sites for hydroxylation is 1. The van der Waals surface area contributed by atoms with Gasteiger partial charge in [-0.1, -0.05) is 58.5 Å². The van der Waals surface area contributed by atoms with Gasteiger partial charge in [0.05, 0.1) is 19.0 Å². The molecule has 1 heterocycles. The number of nitrogens with zero attached hydrogens (tertiary/aromatic N) is 2. The molecule has 1 unspecified atom stereocenters. The predicted molar refractivity (Wildman–Crippen MR) is 107 cm³/mol. The van der Waals surface area contributed by atoms with Gasteiger partial charge < -0.3 is 9.30 Å². The van der Waals surface area contributed by atoms with Gasteiger partial charge in [0.25, 0.3) is 0 Å². The third-order valence-corrected chi connectivity index (χ3v) is 5.12. The average Bonchev–Trinajstić information content (AvgIpc) is 3.11. The maximum Gasteiger partial charge on any atom is 0.0945 e. The second kappa shape index (κ2) is 9.12. The summed E-state index contributed by atoms with van der Waals surface area (Å²) < 4.78 is 8.16. The lowest BCUT2D eigenvalue weighted by Crippen LogP contribution is -2.09. The number of ether oxygens (including phenoxy) is 1. The molecule has 3 nitrogen and oxygen atoms in total. The van der Waals surface area contributed by atoms with Crippen LogP contribution in [0, 0.1) is 0 Å². The molecule has 0 saturated heterocycles. The van der Waals surface area contributed by atoms with Crippen molar-refractivity contribution >= 4 is 46.4 Å². The zero-order valence-corrected chi connectivity index (χ0v) is 16.7. The molecule has 0 aliphatic heterocycles. The molecule has 0 radical (unpaired) electrons. The first-order chi connectivity index (χ1) is 12.5. The highest BCUT2D eigenvalue weighted by Gasteiger charge is 2.17.